The van der Waals surface area contributed by atoms with Crippen molar-refractivity contribution in [2.45, 2.75) is 6.61 Å². The van der Waals surface area contributed by atoms with E-state index in [2.05, 4.69) is 10.2 Å². The second-order valence-corrected chi connectivity index (χ2v) is 2.72. The van der Waals surface area contributed by atoms with Crippen LogP contribution < -0.4 is 0 Å². The molecule has 0 bridgehead atoms. The fourth-order valence-electron chi connectivity index (χ4n) is 1.16. The molecule has 6 heteroatoms. The van der Waals surface area contributed by atoms with E-state index in [1.165, 1.54) is 10.8 Å². The summed E-state index contributed by atoms with van der Waals surface area (Å²) in [7, 11) is 0. The van der Waals surface area contributed by atoms with Gasteiger partial charge in [0.25, 0.3) is 0 Å². The van der Waals surface area contributed by atoms with E-state index in [9.17, 15) is 4.79 Å². The summed E-state index contributed by atoms with van der Waals surface area (Å²) in [5, 5.41) is 25.2. The SMILES string of the molecule is O=C(O)c1cnn2nc(CO)ccc12. The normalized spacial score (nSPS) is 10.6. The fraction of sp³-hybridized carbons (Fsp3) is 0.125. The van der Waals surface area contributed by atoms with Crippen molar-refractivity contribution in [2.24, 2.45) is 0 Å². The van der Waals surface area contributed by atoms with Crippen LogP contribution in [0.2, 0.25) is 0 Å². The molecule has 0 aliphatic heterocycles. The summed E-state index contributed by atoms with van der Waals surface area (Å²) >= 11 is 0. The maximum absolute atomic E-state index is 10.7. The van der Waals surface area contributed by atoms with Gasteiger partial charge in [0.2, 0.25) is 0 Å². The van der Waals surface area contributed by atoms with Crippen LogP contribution in [0, 0.1) is 0 Å². The number of aliphatic hydroxyl groups excluding tert-OH is 1. The first-order valence-corrected chi connectivity index (χ1v) is 3.90. The summed E-state index contributed by atoms with van der Waals surface area (Å²) in [6.07, 6.45) is 1.23. The van der Waals surface area contributed by atoms with Gasteiger partial charge in [-0.2, -0.15) is 14.8 Å². The Morgan fingerprint density at radius 2 is 2.29 bits per heavy atom. The van der Waals surface area contributed by atoms with E-state index in [0.717, 1.165) is 0 Å². The van der Waals surface area contributed by atoms with Gasteiger partial charge in [-0.15, -0.1) is 0 Å². The molecule has 0 unspecified atom stereocenters. The number of nitrogens with zero attached hydrogens (tertiary/aromatic N) is 3. The summed E-state index contributed by atoms with van der Waals surface area (Å²) in [5.74, 6) is -1.04. The average molecular weight is 193 g/mol. The monoisotopic (exact) mass is 193 g/mol. The molecule has 0 aliphatic rings. The molecule has 2 aromatic rings. The number of hydrogen-bond acceptors (Lipinski definition) is 4. The number of aliphatic hydroxyl groups is 1. The topological polar surface area (TPSA) is 87.7 Å². The lowest BCUT2D eigenvalue weighted by molar-refractivity contribution is 0.0699. The lowest BCUT2D eigenvalue weighted by atomic mass is 10.2. The molecular formula is C8H7N3O3. The Morgan fingerprint density at radius 3 is 2.93 bits per heavy atom. The molecule has 2 rings (SSSR count). The number of carbonyl (C=O) groups is 1. The van der Waals surface area contributed by atoms with E-state index >= 15 is 0 Å². The standard InChI is InChI=1S/C8H7N3O3/c12-4-5-1-2-7-6(8(13)14)3-9-11(7)10-5/h1-3,12H,4H2,(H,13,14). The van der Waals surface area contributed by atoms with E-state index in [1.54, 1.807) is 12.1 Å². The zero-order valence-electron chi connectivity index (χ0n) is 7.08. The van der Waals surface area contributed by atoms with Crippen molar-refractivity contribution in [3.8, 4) is 0 Å². The van der Waals surface area contributed by atoms with Crippen molar-refractivity contribution >= 4 is 11.5 Å². The van der Waals surface area contributed by atoms with Crippen LogP contribution in [0.4, 0.5) is 0 Å². The van der Waals surface area contributed by atoms with Crippen LogP contribution >= 0.6 is 0 Å². The minimum absolute atomic E-state index is 0.0991. The number of carboxylic acid groups (broad SMARTS) is 1. The molecule has 0 aromatic carbocycles. The highest BCUT2D eigenvalue weighted by atomic mass is 16.4. The lowest BCUT2D eigenvalue weighted by Gasteiger charge is -1.96. The molecule has 0 saturated heterocycles. The number of aromatic nitrogens is 3. The third kappa shape index (κ3) is 1.21. The number of fused-ring (bicyclic) bond motifs is 1. The molecule has 0 saturated carbocycles. The smallest absolute Gasteiger partial charge is 0.339 e. The minimum atomic E-state index is -1.04. The summed E-state index contributed by atoms with van der Waals surface area (Å²) < 4.78 is 1.19. The number of hydrogen-bond donors (Lipinski definition) is 2. The van der Waals surface area contributed by atoms with Crippen molar-refractivity contribution in [1.29, 1.82) is 0 Å². The first-order chi connectivity index (χ1) is 6.72. The maximum atomic E-state index is 10.7. The van der Waals surface area contributed by atoms with Gasteiger partial charge < -0.3 is 10.2 Å². The Balaban J connectivity index is 2.65. The highest BCUT2D eigenvalue weighted by molar-refractivity contribution is 5.95. The quantitative estimate of drug-likeness (QED) is 0.696. The first-order valence-electron chi connectivity index (χ1n) is 3.90. The summed E-state index contributed by atoms with van der Waals surface area (Å²) in [4.78, 5) is 10.7. The molecule has 0 radical (unpaired) electrons. The predicted octanol–water partition coefficient (Wildman–Crippen LogP) is -0.0802. The molecule has 2 heterocycles. The van der Waals surface area contributed by atoms with Crippen molar-refractivity contribution in [2.75, 3.05) is 0 Å². The number of rotatable bonds is 2. The molecule has 0 atom stereocenters. The molecule has 72 valence electrons. The van der Waals surface area contributed by atoms with Crippen LogP contribution in [0.25, 0.3) is 5.52 Å². The summed E-state index contributed by atoms with van der Waals surface area (Å²) in [5.41, 5.74) is 0.953. The van der Waals surface area contributed by atoms with E-state index in [4.69, 9.17) is 10.2 Å². The van der Waals surface area contributed by atoms with Gasteiger partial charge in [-0.1, -0.05) is 0 Å². The van der Waals surface area contributed by atoms with Crippen molar-refractivity contribution in [3.05, 3.63) is 29.6 Å². The highest BCUT2D eigenvalue weighted by Crippen LogP contribution is 2.09. The number of aromatic carboxylic acids is 1. The minimum Gasteiger partial charge on any atom is -0.478 e. The van der Waals surface area contributed by atoms with Crippen LogP contribution in [-0.4, -0.2) is 31.0 Å². The molecule has 0 amide bonds. The number of carboxylic acids is 1. The largest absolute Gasteiger partial charge is 0.478 e. The van der Waals surface area contributed by atoms with Gasteiger partial charge in [0.1, 0.15) is 11.1 Å². The third-order valence-electron chi connectivity index (χ3n) is 1.84. The molecule has 0 aliphatic carbocycles. The highest BCUT2D eigenvalue weighted by Gasteiger charge is 2.11. The van der Waals surface area contributed by atoms with Crippen molar-refractivity contribution < 1.29 is 15.0 Å². The second-order valence-electron chi connectivity index (χ2n) is 2.72. The van der Waals surface area contributed by atoms with E-state index in [-0.39, 0.29) is 12.2 Å². The average Bonchev–Trinajstić information content (AvgIpc) is 2.59. The zero-order chi connectivity index (χ0) is 10.1. The van der Waals surface area contributed by atoms with Gasteiger partial charge in [0.05, 0.1) is 18.5 Å². The molecule has 2 N–H and O–H groups in total. The Kier molecular flexibility index (Phi) is 1.90. The lowest BCUT2D eigenvalue weighted by Crippen LogP contribution is -2.00. The van der Waals surface area contributed by atoms with E-state index in [1.807, 2.05) is 0 Å². The van der Waals surface area contributed by atoms with Gasteiger partial charge in [0.15, 0.2) is 0 Å². The first kappa shape index (κ1) is 8.64. The van der Waals surface area contributed by atoms with Gasteiger partial charge >= 0.3 is 5.97 Å². The Labute approximate surface area is 78.4 Å². The summed E-state index contributed by atoms with van der Waals surface area (Å²) in [6, 6.07) is 3.12. The van der Waals surface area contributed by atoms with Crippen molar-refractivity contribution in [1.82, 2.24) is 14.8 Å². The zero-order valence-corrected chi connectivity index (χ0v) is 7.08. The Hall–Kier alpha value is -1.95. The Bertz CT molecular complexity index is 492. The van der Waals surface area contributed by atoms with E-state index < -0.39 is 5.97 Å². The third-order valence-corrected chi connectivity index (χ3v) is 1.84. The van der Waals surface area contributed by atoms with Crippen LogP contribution in [0.5, 0.6) is 0 Å². The fourth-order valence-corrected chi connectivity index (χ4v) is 1.16. The van der Waals surface area contributed by atoms with Gasteiger partial charge in [0, 0.05) is 0 Å². The van der Waals surface area contributed by atoms with Crippen LogP contribution in [0.3, 0.4) is 0 Å². The molecule has 14 heavy (non-hydrogen) atoms. The molecular weight excluding hydrogens is 186 g/mol. The predicted molar refractivity (Wildman–Crippen MR) is 45.9 cm³/mol. The Morgan fingerprint density at radius 1 is 1.50 bits per heavy atom. The van der Waals surface area contributed by atoms with Crippen molar-refractivity contribution in [3.63, 3.8) is 0 Å². The molecule has 2 aromatic heterocycles. The van der Waals surface area contributed by atoms with Crippen LogP contribution in [-0.2, 0) is 6.61 Å². The van der Waals surface area contributed by atoms with Crippen LogP contribution in [0.15, 0.2) is 18.3 Å². The van der Waals surface area contributed by atoms with E-state index in [0.29, 0.717) is 11.2 Å². The second kappa shape index (κ2) is 3.08. The molecule has 6 nitrogen and oxygen atoms in total. The van der Waals surface area contributed by atoms with Gasteiger partial charge in [-0.05, 0) is 12.1 Å². The van der Waals surface area contributed by atoms with Gasteiger partial charge in [-0.3, -0.25) is 0 Å². The molecule has 0 fully saturated rings. The summed E-state index contributed by atoms with van der Waals surface area (Å²) in [6.45, 7) is -0.196. The molecule has 0 spiro atoms. The van der Waals surface area contributed by atoms with Crippen LogP contribution in [0.1, 0.15) is 16.1 Å². The maximum Gasteiger partial charge on any atom is 0.339 e. The van der Waals surface area contributed by atoms with Gasteiger partial charge in [-0.25, -0.2) is 4.79 Å².